The number of amides is 1. The number of hydrogen-bond donors (Lipinski definition) is 0. The van der Waals surface area contributed by atoms with E-state index in [1.165, 1.54) is 10.1 Å². The molecule has 144 valence electrons. The van der Waals surface area contributed by atoms with Gasteiger partial charge in [0.15, 0.2) is 0 Å². The average Bonchev–Trinajstić information content (AvgIpc) is 2.64. The van der Waals surface area contributed by atoms with Crippen molar-refractivity contribution in [2.75, 3.05) is 19.7 Å². The summed E-state index contributed by atoms with van der Waals surface area (Å²) in [7, 11) is 0. The molecule has 6 nitrogen and oxygen atoms in total. The van der Waals surface area contributed by atoms with Gasteiger partial charge in [-0.2, -0.15) is 4.98 Å². The first kappa shape index (κ1) is 19.1. The van der Waals surface area contributed by atoms with Gasteiger partial charge in [-0.25, -0.2) is 4.79 Å². The number of carbonyl (C=O) groups is 1. The van der Waals surface area contributed by atoms with Crippen molar-refractivity contribution in [3.05, 3.63) is 57.8 Å². The first-order valence-corrected chi connectivity index (χ1v) is 9.44. The monoisotopic (exact) mass is 369 g/mol. The second-order valence-corrected chi connectivity index (χ2v) is 7.38. The van der Waals surface area contributed by atoms with Crippen LogP contribution in [0.3, 0.4) is 0 Å². The third kappa shape index (κ3) is 4.96. The second kappa shape index (κ2) is 8.37. The van der Waals surface area contributed by atoms with Crippen molar-refractivity contribution in [2.45, 2.75) is 40.2 Å². The van der Waals surface area contributed by atoms with Gasteiger partial charge in [-0.1, -0.05) is 17.7 Å². The Labute approximate surface area is 159 Å². The number of carbonyl (C=O) groups excluding carboxylic acids is 1. The number of rotatable bonds is 5. The molecule has 1 aliphatic rings. The number of aryl methyl sites for hydroxylation is 3. The van der Waals surface area contributed by atoms with Gasteiger partial charge < -0.3 is 9.64 Å². The molecule has 0 unspecified atom stereocenters. The van der Waals surface area contributed by atoms with Gasteiger partial charge in [-0.05, 0) is 51.8 Å². The molecule has 27 heavy (non-hydrogen) atoms. The van der Waals surface area contributed by atoms with Gasteiger partial charge in [-0.15, -0.1) is 0 Å². The predicted octanol–water partition coefficient (Wildman–Crippen LogP) is 2.49. The number of ether oxygens (including phenoxy) is 1. The van der Waals surface area contributed by atoms with Crippen LogP contribution in [0.25, 0.3) is 0 Å². The highest BCUT2D eigenvalue weighted by Crippen LogP contribution is 2.19. The normalized spacial score (nSPS) is 17.0. The van der Waals surface area contributed by atoms with Gasteiger partial charge in [0, 0.05) is 30.4 Å². The van der Waals surface area contributed by atoms with E-state index in [2.05, 4.69) is 4.98 Å². The lowest BCUT2D eigenvalue weighted by atomic mass is 9.99. The number of aromatic nitrogens is 2. The minimum atomic E-state index is -0.364. The summed E-state index contributed by atoms with van der Waals surface area (Å²) in [6.45, 7) is 7.69. The van der Waals surface area contributed by atoms with Crippen LogP contribution in [-0.2, 0) is 11.3 Å². The van der Waals surface area contributed by atoms with Crippen molar-refractivity contribution in [1.29, 1.82) is 0 Å². The zero-order chi connectivity index (χ0) is 19.4. The topological polar surface area (TPSA) is 64.4 Å². The summed E-state index contributed by atoms with van der Waals surface area (Å²) in [5.74, 6) is 1.13. The molecule has 0 spiro atoms. The van der Waals surface area contributed by atoms with Gasteiger partial charge in [-0.3, -0.25) is 9.36 Å². The summed E-state index contributed by atoms with van der Waals surface area (Å²) in [6.07, 6.45) is 1.99. The van der Waals surface area contributed by atoms with E-state index in [0.29, 0.717) is 24.8 Å². The third-order valence-electron chi connectivity index (χ3n) is 5.02. The Morgan fingerprint density at radius 1 is 1.22 bits per heavy atom. The summed E-state index contributed by atoms with van der Waals surface area (Å²) in [4.78, 5) is 30.6. The Morgan fingerprint density at radius 2 is 1.96 bits per heavy atom. The minimum Gasteiger partial charge on any atom is -0.493 e. The molecule has 1 aliphatic heterocycles. The summed E-state index contributed by atoms with van der Waals surface area (Å²) in [5.41, 5.74) is 2.27. The summed E-state index contributed by atoms with van der Waals surface area (Å²) in [5, 5.41) is 0. The Hall–Kier alpha value is -2.63. The Balaban J connectivity index is 1.58. The predicted molar refractivity (Wildman–Crippen MR) is 104 cm³/mol. The largest absolute Gasteiger partial charge is 0.493 e. The van der Waals surface area contributed by atoms with Crippen molar-refractivity contribution in [1.82, 2.24) is 14.5 Å². The molecule has 1 saturated heterocycles. The molecule has 3 rings (SSSR count). The fourth-order valence-corrected chi connectivity index (χ4v) is 3.48. The Morgan fingerprint density at radius 3 is 2.67 bits per heavy atom. The van der Waals surface area contributed by atoms with Gasteiger partial charge in [0.1, 0.15) is 12.3 Å². The number of hydrogen-bond acceptors (Lipinski definition) is 4. The number of piperidine rings is 1. The van der Waals surface area contributed by atoms with Crippen molar-refractivity contribution >= 4 is 5.91 Å². The maximum Gasteiger partial charge on any atom is 0.348 e. The van der Waals surface area contributed by atoms with Crippen LogP contribution in [0.15, 0.2) is 35.1 Å². The number of nitrogens with zero attached hydrogens (tertiary/aromatic N) is 3. The lowest BCUT2D eigenvalue weighted by molar-refractivity contribution is -0.134. The molecular formula is C21H27N3O3. The number of benzene rings is 1. The molecule has 2 heterocycles. The van der Waals surface area contributed by atoms with Crippen LogP contribution in [0.1, 0.15) is 29.8 Å². The molecule has 0 radical (unpaired) electrons. The highest BCUT2D eigenvalue weighted by atomic mass is 16.5. The minimum absolute atomic E-state index is 0.0362. The third-order valence-corrected chi connectivity index (χ3v) is 5.02. The Bertz CT molecular complexity index is 858. The molecule has 1 fully saturated rings. The molecular weight excluding hydrogens is 342 g/mol. The first-order chi connectivity index (χ1) is 12.9. The van der Waals surface area contributed by atoms with Crippen LogP contribution in [-0.4, -0.2) is 40.1 Å². The smallest absolute Gasteiger partial charge is 0.348 e. The van der Waals surface area contributed by atoms with E-state index in [1.807, 2.05) is 49.1 Å². The van der Waals surface area contributed by atoms with E-state index >= 15 is 0 Å². The number of likely N-dealkylation sites (tertiary alicyclic amines) is 1. The fraction of sp³-hybridized carbons (Fsp3) is 0.476. The van der Waals surface area contributed by atoms with Gasteiger partial charge in [0.05, 0.1) is 6.61 Å². The maximum atomic E-state index is 12.7. The average molecular weight is 369 g/mol. The Kier molecular flexibility index (Phi) is 5.94. The first-order valence-electron chi connectivity index (χ1n) is 9.44. The van der Waals surface area contributed by atoms with Crippen molar-refractivity contribution in [2.24, 2.45) is 5.92 Å². The van der Waals surface area contributed by atoms with Crippen LogP contribution < -0.4 is 10.4 Å². The van der Waals surface area contributed by atoms with Crippen LogP contribution in [0.2, 0.25) is 0 Å². The van der Waals surface area contributed by atoms with E-state index in [4.69, 9.17) is 4.74 Å². The van der Waals surface area contributed by atoms with Crippen LogP contribution in [0.5, 0.6) is 5.75 Å². The van der Waals surface area contributed by atoms with Gasteiger partial charge in [0.25, 0.3) is 0 Å². The molecule has 0 bridgehead atoms. The summed E-state index contributed by atoms with van der Waals surface area (Å²) >= 11 is 0. The SMILES string of the molecule is Cc1ccc(OC[C@H]2CCCN(C(=O)Cn3c(C)cc(C)nc3=O)C2)cc1. The summed E-state index contributed by atoms with van der Waals surface area (Å²) in [6, 6.07) is 9.83. The molecule has 0 N–H and O–H groups in total. The van der Waals surface area contributed by atoms with E-state index in [9.17, 15) is 9.59 Å². The quantitative estimate of drug-likeness (QED) is 0.812. The molecule has 0 saturated carbocycles. The maximum absolute atomic E-state index is 12.7. The van der Waals surface area contributed by atoms with Crippen molar-refractivity contribution in [3.8, 4) is 5.75 Å². The van der Waals surface area contributed by atoms with E-state index in [0.717, 1.165) is 30.8 Å². The molecule has 1 amide bonds. The van der Waals surface area contributed by atoms with Crippen LogP contribution in [0.4, 0.5) is 0 Å². The lowest BCUT2D eigenvalue weighted by Gasteiger charge is -2.33. The fourth-order valence-electron chi connectivity index (χ4n) is 3.48. The zero-order valence-electron chi connectivity index (χ0n) is 16.3. The molecule has 1 aromatic heterocycles. The van der Waals surface area contributed by atoms with Crippen molar-refractivity contribution < 1.29 is 9.53 Å². The van der Waals surface area contributed by atoms with E-state index < -0.39 is 0 Å². The summed E-state index contributed by atoms with van der Waals surface area (Å²) < 4.78 is 7.34. The molecule has 6 heteroatoms. The zero-order valence-corrected chi connectivity index (χ0v) is 16.3. The van der Waals surface area contributed by atoms with Gasteiger partial charge >= 0.3 is 5.69 Å². The van der Waals surface area contributed by atoms with Crippen molar-refractivity contribution in [3.63, 3.8) is 0 Å². The second-order valence-electron chi connectivity index (χ2n) is 7.38. The standard InChI is InChI=1S/C21H27N3O3/c1-15-6-8-19(9-7-15)27-14-18-5-4-10-23(12-18)20(25)13-24-17(3)11-16(2)22-21(24)26/h6-9,11,18H,4-5,10,12-14H2,1-3H3/t18-/m0/s1. The van der Waals surface area contributed by atoms with Gasteiger partial charge in [0.2, 0.25) is 5.91 Å². The lowest BCUT2D eigenvalue weighted by Crippen LogP contribution is -2.44. The highest BCUT2D eigenvalue weighted by Gasteiger charge is 2.24. The van der Waals surface area contributed by atoms with E-state index in [1.54, 1.807) is 6.92 Å². The molecule has 0 aliphatic carbocycles. The van der Waals surface area contributed by atoms with Crippen LogP contribution >= 0.6 is 0 Å². The molecule has 1 aromatic carbocycles. The van der Waals surface area contributed by atoms with Crippen LogP contribution in [0, 0.1) is 26.7 Å². The van der Waals surface area contributed by atoms with E-state index in [-0.39, 0.29) is 18.1 Å². The highest BCUT2D eigenvalue weighted by molar-refractivity contribution is 5.76. The molecule has 1 atom stereocenters. The molecule has 2 aromatic rings.